The Kier molecular flexibility index (Phi) is 2.98. The highest BCUT2D eigenvalue weighted by Gasteiger charge is 2.33. The molecule has 7 heteroatoms. The Labute approximate surface area is 102 Å². The minimum atomic E-state index is -4.44. The summed E-state index contributed by atoms with van der Waals surface area (Å²) in [7, 11) is 3.67. The van der Waals surface area contributed by atoms with Crippen molar-refractivity contribution in [3.8, 4) is 5.82 Å². The molecule has 2 aromatic heterocycles. The molecule has 0 saturated heterocycles. The lowest BCUT2D eigenvalue weighted by Crippen LogP contribution is -2.10. The van der Waals surface area contributed by atoms with Crippen LogP contribution in [0, 0.1) is 0 Å². The molecule has 96 valence electrons. The van der Waals surface area contributed by atoms with E-state index in [1.807, 2.05) is 19.0 Å². The van der Waals surface area contributed by atoms with Gasteiger partial charge in [-0.05, 0) is 12.1 Å². The highest BCUT2D eigenvalue weighted by atomic mass is 19.4. The first kappa shape index (κ1) is 12.4. The maximum absolute atomic E-state index is 12.4. The highest BCUT2D eigenvalue weighted by molar-refractivity contribution is 5.48. The number of rotatable bonds is 2. The molecule has 0 aliphatic carbocycles. The average Bonchev–Trinajstić information content (AvgIpc) is 2.78. The standard InChI is InChI=1S/C11H11F3N4/c1-17(2)8-3-5-15-10(7-8)18-6-4-9(16-18)11(12,13)14/h3-7H,1-2H3. The molecule has 0 aliphatic rings. The van der Waals surface area contributed by atoms with E-state index >= 15 is 0 Å². The molecule has 0 unspecified atom stereocenters. The van der Waals surface area contributed by atoms with E-state index in [4.69, 9.17) is 0 Å². The molecule has 0 bridgehead atoms. The van der Waals surface area contributed by atoms with E-state index in [1.54, 1.807) is 12.1 Å². The second-order valence-corrected chi connectivity index (χ2v) is 3.91. The molecule has 0 amide bonds. The zero-order valence-electron chi connectivity index (χ0n) is 9.81. The Balaban J connectivity index is 2.37. The molecule has 0 spiro atoms. The highest BCUT2D eigenvalue weighted by Crippen LogP contribution is 2.27. The molecular weight excluding hydrogens is 245 g/mol. The monoisotopic (exact) mass is 256 g/mol. The summed E-state index contributed by atoms with van der Waals surface area (Å²) in [4.78, 5) is 5.83. The van der Waals surface area contributed by atoms with Gasteiger partial charge in [-0.2, -0.15) is 18.3 Å². The van der Waals surface area contributed by atoms with Crippen molar-refractivity contribution in [2.45, 2.75) is 6.18 Å². The number of nitrogens with zero attached hydrogens (tertiary/aromatic N) is 4. The summed E-state index contributed by atoms with van der Waals surface area (Å²) in [6, 6.07) is 4.34. The second-order valence-electron chi connectivity index (χ2n) is 3.91. The van der Waals surface area contributed by atoms with Crippen molar-refractivity contribution in [1.29, 1.82) is 0 Å². The topological polar surface area (TPSA) is 34.0 Å². The van der Waals surface area contributed by atoms with Crippen LogP contribution in [0.2, 0.25) is 0 Å². The fourth-order valence-corrected chi connectivity index (χ4v) is 1.41. The lowest BCUT2D eigenvalue weighted by Gasteiger charge is -2.12. The van der Waals surface area contributed by atoms with Crippen molar-refractivity contribution in [3.63, 3.8) is 0 Å². The molecule has 0 fully saturated rings. The summed E-state index contributed by atoms with van der Waals surface area (Å²) in [5.74, 6) is 0.344. The summed E-state index contributed by atoms with van der Waals surface area (Å²) in [5.41, 5.74) is -0.0939. The van der Waals surface area contributed by atoms with Gasteiger partial charge < -0.3 is 4.90 Å². The third-order valence-electron chi connectivity index (χ3n) is 2.36. The van der Waals surface area contributed by atoms with Gasteiger partial charge in [0.15, 0.2) is 11.5 Å². The predicted octanol–water partition coefficient (Wildman–Crippen LogP) is 2.35. The van der Waals surface area contributed by atoms with Gasteiger partial charge in [0.25, 0.3) is 0 Å². The summed E-state index contributed by atoms with van der Waals surface area (Å²) >= 11 is 0. The fourth-order valence-electron chi connectivity index (χ4n) is 1.41. The lowest BCUT2D eigenvalue weighted by atomic mass is 10.3. The van der Waals surface area contributed by atoms with Crippen LogP contribution in [-0.2, 0) is 6.18 Å². The summed E-state index contributed by atoms with van der Waals surface area (Å²) < 4.78 is 38.4. The largest absolute Gasteiger partial charge is 0.435 e. The van der Waals surface area contributed by atoms with Crippen LogP contribution in [0.3, 0.4) is 0 Å². The number of halogens is 3. The predicted molar refractivity (Wildman–Crippen MR) is 60.7 cm³/mol. The van der Waals surface area contributed by atoms with Gasteiger partial charge in [0.2, 0.25) is 0 Å². The Morgan fingerprint density at radius 1 is 1.22 bits per heavy atom. The van der Waals surface area contributed by atoms with Gasteiger partial charge in [-0.1, -0.05) is 0 Å². The lowest BCUT2D eigenvalue weighted by molar-refractivity contribution is -0.141. The van der Waals surface area contributed by atoms with Crippen molar-refractivity contribution in [3.05, 3.63) is 36.3 Å². The van der Waals surface area contributed by atoms with Gasteiger partial charge >= 0.3 is 6.18 Å². The second kappa shape index (κ2) is 4.32. The smallest absolute Gasteiger partial charge is 0.378 e. The van der Waals surface area contributed by atoms with E-state index in [9.17, 15) is 13.2 Å². The third kappa shape index (κ3) is 2.44. The van der Waals surface area contributed by atoms with Gasteiger partial charge in [-0.15, -0.1) is 0 Å². The van der Waals surface area contributed by atoms with Crippen molar-refractivity contribution >= 4 is 5.69 Å². The molecule has 0 aromatic carbocycles. The Morgan fingerprint density at radius 2 is 1.94 bits per heavy atom. The number of pyridine rings is 1. The number of hydrogen-bond acceptors (Lipinski definition) is 3. The third-order valence-corrected chi connectivity index (χ3v) is 2.36. The molecule has 0 aliphatic heterocycles. The molecule has 18 heavy (non-hydrogen) atoms. The van der Waals surface area contributed by atoms with E-state index in [1.165, 1.54) is 12.4 Å². The minimum Gasteiger partial charge on any atom is -0.378 e. The minimum absolute atomic E-state index is 0.344. The van der Waals surface area contributed by atoms with Crippen LogP contribution < -0.4 is 4.90 Å². The molecule has 2 rings (SSSR count). The first-order chi connectivity index (χ1) is 8.38. The van der Waals surface area contributed by atoms with Crippen molar-refractivity contribution in [2.75, 3.05) is 19.0 Å². The van der Waals surface area contributed by atoms with Gasteiger partial charge in [-0.25, -0.2) is 9.67 Å². The average molecular weight is 256 g/mol. The van der Waals surface area contributed by atoms with E-state index in [0.29, 0.717) is 5.82 Å². The zero-order valence-corrected chi connectivity index (χ0v) is 9.81. The van der Waals surface area contributed by atoms with Crippen LogP contribution in [0.4, 0.5) is 18.9 Å². The van der Waals surface area contributed by atoms with Gasteiger partial charge in [0.05, 0.1) is 0 Å². The molecule has 4 nitrogen and oxygen atoms in total. The molecule has 0 saturated carbocycles. The van der Waals surface area contributed by atoms with E-state index < -0.39 is 11.9 Å². The molecule has 0 atom stereocenters. The van der Waals surface area contributed by atoms with Gasteiger partial charge in [0, 0.05) is 38.2 Å². The van der Waals surface area contributed by atoms with Crippen molar-refractivity contribution < 1.29 is 13.2 Å². The van der Waals surface area contributed by atoms with E-state index in [-0.39, 0.29) is 0 Å². The van der Waals surface area contributed by atoms with E-state index in [0.717, 1.165) is 16.4 Å². The van der Waals surface area contributed by atoms with Gasteiger partial charge in [-0.3, -0.25) is 0 Å². The van der Waals surface area contributed by atoms with Crippen LogP contribution in [0.1, 0.15) is 5.69 Å². The number of aromatic nitrogens is 3. The first-order valence-electron chi connectivity index (χ1n) is 5.14. The Bertz CT molecular complexity index is 545. The fraction of sp³-hybridized carbons (Fsp3) is 0.273. The molecule has 2 heterocycles. The normalized spacial score (nSPS) is 11.6. The first-order valence-corrected chi connectivity index (χ1v) is 5.14. The molecule has 0 N–H and O–H groups in total. The summed E-state index contributed by atoms with van der Waals surface area (Å²) in [6.45, 7) is 0. The maximum atomic E-state index is 12.4. The van der Waals surface area contributed by atoms with Crippen LogP contribution >= 0.6 is 0 Å². The summed E-state index contributed by atoms with van der Waals surface area (Å²) in [6.07, 6.45) is -1.67. The van der Waals surface area contributed by atoms with Crippen LogP contribution in [0.5, 0.6) is 0 Å². The zero-order chi connectivity index (χ0) is 13.3. The van der Waals surface area contributed by atoms with Gasteiger partial charge in [0.1, 0.15) is 0 Å². The van der Waals surface area contributed by atoms with Crippen molar-refractivity contribution in [1.82, 2.24) is 14.8 Å². The SMILES string of the molecule is CN(C)c1ccnc(-n2ccc(C(F)(F)F)n2)c1. The van der Waals surface area contributed by atoms with Crippen LogP contribution in [0.25, 0.3) is 5.82 Å². The number of alkyl halides is 3. The van der Waals surface area contributed by atoms with Crippen LogP contribution in [-0.4, -0.2) is 28.9 Å². The van der Waals surface area contributed by atoms with Crippen molar-refractivity contribution in [2.24, 2.45) is 0 Å². The Morgan fingerprint density at radius 3 is 2.50 bits per heavy atom. The number of anilines is 1. The van der Waals surface area contributed by atoms with Crippen LogP contribution in [0.15, 0.2) is 30.6 Å². The molecule has 0 radical (unpaired) electrons. The quantitative estimate of drug-likeness (QED) is 0.827. The summed E-state index contributed by atoms with van der Waals surface area (Å²) in [5, 5.41) is 3.46. The van der Waals surface area contributed by atoms with E-state index in [2.05, 4.69) is 10.1 Å². The maximum Gasteiger partial charge on any atom is 0.435 e. The molecular formula is C11H11F3N4. The molecule has 2 aromatic rings. The Hall–Kier alpha value is -2.05. The number of hydrogen-bond donors (Lipinski definition) is 0.